The Bertz CT molecular complexity index is 506. The molecule has 2 unspecified atom stereocenters. The second-order valence-electron chi connectivity index (χ2n) is 4.75. The molecule has 3 rings (SSSR count). The number of aromatic nitrogens is 1. The maximum atomic E-state index is 3.68. The second-order valence-corrected chi connectivity index (χ2v) is 6.23. The predicted molar refractivity (Wildman–Crippen MR) is 76.9 cm³/mol. The average molecular weight is 246 g/mol. The van der Waals surface area contributed by atoms with Gasteiger partial charge in [0.1, 0.15) is 0 Å². The van der Waals surface area contributed by atoms with Gasteiger partial charge in [-0.15, -0.1) is 0 Å². The zero-order valence-electron chi connectivity index (χ0n) is 10.1. The van der Waals surface area contributed by atoms with Crippen molar-refractivity contribution in [1.29, 1.82) is 0 Å². The van der Waals surface area contributed by atoms with E-state index in [0.717, 1.165) is 0 Å². The quantitative estimate of drug-likeness (QED) is 0.842. The van der Waals surface area contributed by atoms with Gasteiger partial charge in [0.15, 0.2) is 0 Å². The molecule has 1 fully saturated rings. The van der Waals surface area contributed by atoms with Crippen molar-refractivity contribution in [2.45, 2.75) is 31.1 Å². The number of hydrogen-bond donors (Lipinski definition) is 2. The summed E-state index contributed by atoms with van der Waals surface area (Å²) in [4.78, 5) is 3.23. The minimum Gasteiger partial charge on any atom is -0.381 e. The smallest absolute Gasteiger partial charge is 0.0455 e. The lowest BCUT2D eigenvalue weighted by Crippen LogP contribution is -2.32. The Morgan fingerprint density at radius 3 is 3.18 bits per heavy atom. The van der Waals surface area contributed by atoms with E-state index < -0.39 is 0 Å². The van der Waals surface area contributed by atoms with Crippen LogP contribution >= 0.6 is 11.8 Å². The predicted octanol–water partition coefficient (Wildman–Crippen LogP) is 3.86. The van der Waals surface area contributed by atoms with Crippen LogP contribution < -0.4 is 5.32 Å². The highest BCUT2D eigenvalue weighted by atomic mass is 32.2. The van der Waals surface area contributed by atoms with Gasteiger partial charge in [-0.05, 0) is 42.9 Å². The van der Waals surface area contributed by atoms with Crippen LogP contribution in [-0.2, 0) is 0 Å². The van der Waals surface area contributed by atoms with Crippen LogP contribution in [0.25, 0.3) is 10.9 Å². The van der Waals surface area contributed by atoms with Crippen molar-refractivity contribution in [3.8, 4) is 0 Å². The van der Waals surface area contributed by atoms with Crippen molar-refractivity contribution < 1.29 is 0 Å². The fourth-order valence-electron chi connectivity index (χ4n) is 2.47. The van der Waals surface area contributed by atoms with Gasteiger partial charge in [0, 0.05) is 34.1 Å². The number of fused-ring (bicyclic) bond motifs is 1. The highest BCUT2D eigenvalue weighted by molar-refractivity contribution is 8.00. The van der Waals surface area contributed by atoms with Crippen molar-refractivity contribution in [2.24, 2.45) is 0 Å². The third kappa shape index (κ3) is 2.29. The molecule has 0 amide bonds. The van der Waals surface area contributed by atoms with Crippen LogP contribution in [0.2, 0.25) is 0 Å². The Morgan fingerprint density at radius 1 is 1.35 bits per heavy atom. The molecule has 2 nitrogen and oxygen atoms in total. The Balaban J connectivity index is 1.79. The van der Waals surface area contributed by atoms with Crippen molar-refractivity contribution in [3.63, 3.8) is 0 Å². The van der Waals surface area contributed by atoms with E-state index in [1.165, 1.54) is 35.2 Å². The van der Waals surface area contributed by atoms with Crippen LogP contribution in [0, 0.1) is 0 Å². The van der Waals surface area contributed by atoms with Crippen molar-refractivity contribution in [1.82, 2.24) is 4.98 Å². The number of benzene rings is 1. The maximum absolute atomic E-state index is 3.68. The molecule has 17 heavy (non-hydrogen) atoms. The molecule has 0 spiro atoms. The number of aromatic amines is 1. The second kappa shape index (κ2) is 4.65. The van der Waals surface area contributed by atoms with E-state index >= 15 is 0 Å². The molecule has 2 atom stereocenters. The molecule has 1 aromatic carbocycles. The van der Waals surface area contributed by atoms with Gasteiger partial charge in [-0.2, -0.15) is 11.8 Å². The summed E-state index contributed by atoms with van der Waals surface area (Å²) < 4.78 is 0. The Morgan fingerprint density at radius 2 is 2.29 bits per heavy atom. The zero-order chi connectivity index (χ0) is 11.7. The van der Waals surface area contributed by atoms with Gasteiger partial charge in [-0.3, -0.25) is 0 Å². The van der Waals surface area contributed by atoms with Crippen LogP contribution in [0.5, 0.6) is 0 Å². The minimum atomic E-state index is 0.616. The largest absolute Gasteiger partial charge is 0.381 e. The topological polar surface area (TPSA) is 27.8 Å². The lowest BCUT2D eigenvalue weighted by atomic mass is 10.1. The Hall–Kier alpha value is -1.09. The number of nitrogens with one attached hydrogen (secondary N) is 2. The fraction of sp³-hybridized carbons (Fsp3) is 0.429. The molecule has 1 aromatic heterocycles. The summed E-state index contributed by atoms with van der Waals surface area (Å²) in [5, 5.41) is 5.67. The summed E-state index contributed by atoms with van der Waals surface area (Å²) in [6.07, 6.45) is 4.62. The first kappa shape index (κ1) is 11.0. The molecule has 0 aliphatic carbocycles. The number of thioether (sulfide) groups is 1. The standard InChI is InChI=1S/C14H18N2S/c1-10-13(3-2-8-17-10)16-12-4-5-14-11(9-12)6-7-15-14/h4-7,9-10,13,15-16H,2-3,8H2,1H3. The molecule has 1 aliphatic heterocycles. The van der Waals surface area contributed by atoms with Crippen LogP contribution in [0.15, 0.2) is 30.5 Å². The highest BCUT2D eigenvalue weighted by Gasteiger charge is 2.21. The lowest BCUT2D eigenvalue weighted by molar-refractivity contribution is 0.617. The van der Waals surface area contributed by atoms with Crippen molar-refractivity contribution in [3.05, 3.63) is 30.5 Å². The summed E-state index contributed by atoms with van der Waals surface area (Å²) in [6.45, 7) is 2.33. The third-order valence-corrected chi connectivity index (χ3v) is 4.89. The Kier molecular flexibility index (Phi) is 3.02. The van der Waals surface area contributed by atoms with Gasteiger partial charge in [0.05, 0.1) is 0 Å². The first-order chi connectivity index (χ1) is 8.33. The van der Waals surface area contributed by atoms with E-state index in [4.69, 9.17) is 0 Å². The highest BCUT2D eigenvalue weighted by Crippen LogP contribution is 2.28. The van der Waals surface area contributed by atoms with E-state index in [2.05, 4.69) is 53.3 Å². The first-order valence-corrected chi connectivity index (χ1v) is 7.33. The van der Waals surface area contributed by atoms with Gasteiger partial charge in [-0.1, -0.05) is 6.92 Å². The average Bonchev–Trinajstić information content (AvgIpc) is 2.79. The lowest BCUT2D eigenvalue weighted by Gasteiger charge is -2.30. The van der Waals surface area contributed by atoms with Gasteiger partial charge < -0.3 is 10.3 Å². The molecule has 0 bridgehead atoms. The van der Waals surface area contributed by atoms with Gasteiger partial charge >= 0.3 is 0 Å². The summed E-state index contributed by atoms with van der Waals surface area (Å²) in [5.74, 6) is 1.32. The summed E-state index contributed by atoms with van der Waals surface area (Å²) in [6, 6.07) is 9.30. The van der Waals surface area contributed by atoms with E-state index in [-0.39, 0.29) is 0 Å². The molecular formula is C14H18N2S. The van der Waals surface area contributed by atoms with Gasteiger partial charge in [-0.25, -0.2) is 0 Å². The van der Waals surface area contributed by atoms with E-state index in [1.54, 1.807) is 0 Å². The van der Waals surface area contributed by atoms with Crippen LogP contribution in [-0.4, -0.2) is 22.0 Å². The van der Waals surface area contributed by atoms with Gasteiger partial charge in [0.2, 0.25) is 0 Å². The number of rotatable bonds is 2. The normalized spacial score (nSPS) is 25.0. The molecule has 1 aliphatic rings. The van der Waals surface area contributed by atoms with E-state index in [0.29, 0.717) is 11.3 Å². The van der Waals surface area contributed by atoms with Crippen LogP contribution in [0.4, 0.5) is 5.69 Å². The SMILES string of the molecule is CC1SCCCC1Nc1ccc2[nH]ccc2c1. The molecule has 90 valence electrons. The van der Waals surface area contributed by atoms with Gasteiger partial charge in [0.25, 0.3) is 0 Å². The van der Waals surface area contributed by atoms with E-state index in [1.807, 2.05) is 6.20 Å². The monoisotopic (exact) mass is 246 g/mol. The molecule has 1 saturated heterocycles. The van der Waals surface area contributed by atoms with Crippen molar-refractivity contribution >= 4 is 28.4 Å². The van der Waals surface area contributed by atoms with Crippen LogP contribution in [0.3, 0.4) is 0 Å². The molecular weight excluding hydrogens is 228 g/mol. The van der Waals surface area contributed by atoms with Crippen LogP contribution in [0.1, 0.15) is 19.8 Å². The number of anilines is 1. The van der Waals surface area contributed by atoms with Crippen molar-refractivity contribution in [2.75, 3.05) is 11.1 Å². The summed E-state index contributed by atoms with van der Waals surface area (Å²) >= 11 is 2.08. The molecule has 3 heteroatoms. The third-order valence-electron chi connectivity index (χ3n) is 3.51. The zero-order valence-corrected chi connectivity index (χ0v) is 10.9. The maximum Gasteiger partial charge on any atom is 0.0455 e. The summed E-state index contributed by atoms with van der Waals surface area (Å²) in [5.41, 5.74) is 2.46. The van der Waals surface area contributed by atoms with E-state index in [9.17, 15) is 0 Å². The molecule has 2 heterocycles. The summed E-state index contributed by atoms with van der Waals surface area (Å²) in [7, 11) is 0. The molecule has 0 radical (unpaired) electrons. The molecule has 2 aromatic rings. The Labute approximate surface area is 106 Å². The minimum absolute atomic E-state index is 0.616. The molecule has 0 saturated carbocycles. The molecule has 2 N–H and O–H groups in total. The number of H-pyrrole nitrogens is 1. The fourth-order valence-corrected chi connectivity index (χ4v) is 3.61. The first-order valence-electron chi connectivity index (χ1n) is 6.28. The number of hydrogen-bond acceptors (Lipinski definition) is 2.